The van der Waals surface area contributed by atoms with Crippen molar-refractivity contribution in [3.63, 3.8) is 0 Å². The molecule has 1 aromatic rings. The van der Waals surface area contributed by atoms with Crippen LogP contribution in [0.5, 0.6) is 0 Å². The molecule has 3 nitrogen and oxygen atoms in total. The molecule has 0 bridgehead atoms. The summed E-state index contributed by atoms with van der Waals surface area (Å²) in [5.41, 5.74) is 7.26. The highest BCUT2D eigenvalue weighted by Crippen LogP contribution is 2.34. The predicted octanol–water partition coefficient (Wildman–Crippen LogP) is 2.84. The van der Waals surface area contributed by atoms with Crippen LogP contribution in [0.2, 0.25) is 0 Å². The van der Waals surface area contributed by atoms with Gasteiger partial charge in [-0.05, 0) is 19.8 Å². The second-order valence-electron chi connectivity index (χ2n) is 4.91. The highest BCUT2D eigenvalue weighted by Gasteiger charge is 2.21. The van der Waals surface area contributed by atoms with E-state index >= 15 is 0 Å². The molecule has 0 aliphatic heterocycles. The fourth-order valence-corrected chi connectivity index (χ4v) is 2.75. The minimum absolute atomic E-state index is 0.525. The molecule has 1 aromatic heterocycles. The van der Waals surface area contributed by atoms with Crippen molar-refractivity contribution in [2.75, 3.05) is 5.73 Å². The van der Waals surface area contributed by atoms with Crippen LogP contribution in [0.4, 0.5) is 5.82 Å². The largest absolute Gasteiger partial charge is 0.384 e. The maximum Gasteiger partial charge on any atom is 0.127 e. The van der Waals surface area contributed by atoms with E-state index in [9.17, 15) is 0 Å². The molecule has 3 heteroatoms. The van der Waals surface area contributed by atoms with E-state index in [1.165, 1.54) is 38.5 Å². The van der Waals surface area contributed by atoms with Gasteiger partial charge in [-0.2, -0.15) is 0 Å². The molecule has 1 aliphatic rings. The van der Waals surface area contributed by atoms with E-state index in [1.54, 1.807) is 0 Å². The number of aromatic nitrogens is 2. The number of nitrogens with two attached hydrogens (primary N) is 1. The summed E-state index contributed by atoms with van der Waals surface area (Å²) in [4.78, 5) is 4.64. The van der Waals surface area contributed by atoms with Gasteiger partial charge in [0.25, 0.3) is 0 Å². The number of nitrogens with zero attached hydrogens (tertiary/aromatic N) is 2. The van der Waals surface area contributed by atoms with Crippen molar-refractivity contribution >= 4 is 5.82 Å². The number of hydrogen-bond acceptors (Lipinski definition) is 2. The Hall–Kier alpha value is -1.43. The van der Waals surface area contributed by atoms with Crippen LogP contribution in [0.1, 0.15) is 56.0 Å². The lowest BCUT2D eigenvalue weighted by Gasteiger charge is -2.12. The Labute approximate surface area is 103 Å². The molecule has 1 saturated carbocycles. The third-order valence-electron chi connectivity index (χ3n) is 3.72. The number of nitrogen functional groups attached to an aromatic ring is 1. The second-order valence-corrected chi connectivity index (χ2v) is 4.91. The molecular formula is C14H21N3. The zero-order valence-electron chi connectivity index (χ0n) is 10.6. The SMILES string of the molecule is C#CCn1c(C)nc(C2CCCCCC2)c1N. The van der Waals surface area contributed by atoms with Crippen LogP contribution in [-0.4, -0.2) is 9.55 Å². The van der Waals surface area contributed by atoms with Crippen LogP contribution in [0.25, 0.3) is 0 Å². The molecule has 0 atom stereocenters. The number of rotatable bonds is 2. The van der Waals surface area contributed by atoms with Crippen molar-refractivity contribution in [1.82, 2.24) is 9.55 Å². The van der Waals surface area contributed by atoms with Crippen LogP contribution >= 0.6 is 0 Å². The molecule has 0 aromatic carbocycles. The monoisotopic (exact) mass is 231 g/mol. The average Bonchev–Trinajstić information content (AvgIpc) is 2.55. The fraction of sp³-hybridized carbons (Fsp3) is 0.643. The van der Waals surface area contributed by atoms with E-state index in [1.807, 2.05) is 11.5 Å². The Morgan fingerprint density at radius 1 is 1.35 bits per heavy atom. The first-order valence-electron chi connectivity index (χ1n) is 6.50. The van der Waals surface area contributed by atoms with Gasteiger partial charge in [-0.25, -0.2) is 4.98 Å². The molecule has 0 amide bonds. The molecule has 0 spiro atoms. The molecule has 92 valence electrons. The van der Waals surface area contributed by atoms with Crippen molar-refractivity contribution < 1.29 is 0 Å². The summed E-state index contributed by atoms with van der Waals surface area (Å²) in [6.07, 6.45) is 13.1. The van der Waals surface area contributed by atoms with Gasteiger partial charge in [0.2, 0.25) is 0 Å². The molecule has 0 radical (unpaired) electrons. The Balaban J connectivity index is 2.25. The first-order valence-corrected chi connectivity index (χ1v) is 6.50. The van der Waals surface area contributed by atoms with Crippen molar-refractivity contribution in [3.05, 3.63) is 11.5 Å². The van der Waals surface area contributed by atoms with Gasteiger partial charge in [0.15, 0.2) is 0 Å². The van der Waals surface area contributed by atoms with E-state index < -0.39 is 0 Å². The van der Waals surface area contributed by atoms with E-state index in [0.717, 1.165) is 17.3 Å². The normalized spacial score (nSPS) is 17.6. The minimum atomic E-state index is 0.525. The number of terminal acetylenes is 1. The van der Waals surface area contributed by atoms with Gasteiger partial charge < -0.3 is 10.3 Å². The summed E-state index contributed by atoms with van der Waals surface area (Å²) in [6, 6.07) is 0. The molecule has 1 fully saturated rings. The lowest BCUT2D eigenvalue weighted by Crippen LogP contribution is -2.06. The van der Waals surface area contributed by atoms with Gasteiger partial charge in [0, 0.05) is 5.92 Å². The highest BCUT2D eigenvalue weighted by atomic mass is 15.1. The van der Waals surface area contributed by atoms with Gasteiger partial charge in [0.1, 0.15) is 11.6 Å². The third-order valence-corrected chi connectivity index (χ3v) is 3.72. The first kappa shape index (κ1) is 12.0. The zero-order chi connectivity index (χ0) is 12.3. The number of aryl methyl sites for hydroxylation is 1. The summed E-state index contributed by atoms with van der Waals surface area (Å²) in [7, 11) is 0. The Morgan fingerprint density at radius 2 is 2.00 bits per heavy atom. The summed E-state index contributed by atoms with van der Waals surface area (Å²) >= 11 is 0. The maximum absolute atomic E-state index is 6.18. The Bertz CT molecular complexity index is 417. The Morgan fingerprint density at radius 3 is 2.59 bits per heavy atom. The van der Waals surface area contributed by atoms with Crippen LogP contribution < -0.4 is 5.73 Å². The van der Waals surface area contributed by atoms with E-state index in [0.29, 0.717) is 12.5 Å². The van der Waals surface area contributed by atoms with Crippen LogP contribution in [0, 0.1) is 19.3 Å². The van der Waals surface area contributed by atoms with E-state index in [2.05, 4.69) is 10.9 Å². The van der Waals surface area contributed by atoms with E-state index in [4.69, 9.17) is 12.2 Å². The molecule has 0 unspecified atom stereocenters. The maximum atomic E-state index is 6.18. The third kappa shape index (κ3) is 2.46. The fourth-order valence-electron chi connectivity index (χ4n) is 2.75. The van der Waals surface area contributed by atoms with Crippen LogP contribution in [0.15, 0.2) is 0 Å². The number of hydrogen-bond donors (Lipinski definition) is 1. The quantitative estimate of drug-likeness (QED) is 0.628. The molecule has 1 aliphatic carbocycles. The smallest absolute Gasteiger partial charge is 0.127 e. The van der Waals surface area contributed by atoms with Crippen molar-refractivity contribution in [3.8, 4) is 12.3 Å². The molecule has 1 heterocycles. The lowest BCUT2D eigenvalue weighted by atomic mass is 9.96. The van der Waals surface area contributed by atoms with Crippen molar-refractivity contribution in [2.45, 2.75) is 57.9 Å². The first-order chi connectivity index (χ1) is 8.24. The standard InChI is InChI=1S/C14H21N3/c1-3-10-17-11(2)16-13(14(17)15)12-8-6-4-5-7-9-12/h1,12H,4-10,15H2,2H3. The average molecular weight is 231 g/mol. The van der Waals surface area contributed by atoms with Gasteiger partial charge in [-0.3, -0.25) is 0 Å². The minimum Gasteiger partial charge on any atom is -0.384 e. The molecule has 2 N–H and O–H groups in total. The van der Waals surface area contributed by atoms with Gasteiger partial charge in [0.05, 0.1) is 12.2 Å². The molecular weight excluding hydrogens is 210 g/mol. The summed E-state index contributed by atoms with van der Waals surface area (Å²) in [6.45, 7) is 2.51. The van der Waals surface area contributed by atoms with Gasteiger partial charge in [-0.1, -0.05) is 31.6 Å². The van der Waals surface area contributed by atoms with Crippen molar-refractivity contribution in [1.29, 1.82) is 0 Å². The van der Waals surface area contributed by atoms with Crippen LogP contribution in [-0.2, 0) is 6.54 Å². The number of anilines is 1. The van der Waals surface area contributed by atoms with Crippen molar-refractivity contribution in [2.24, 2.45) is 0 Å². The molecule has 2 rings (SSSR count). The summed E-state index contributed by atoms with van der Waals surface area (Å²) in [5, 5.41) is 0. The van der Waals surface area contributed by atoms with Gasteiger partial charge in [-0.15, -0.1) is 6.42 Å². The Kier molecular flexibility index (Phi) is 3.73. The zero-order valence-corrected chi connectivity index (χ0v) is 10.6. The summed E-state index contributed by atoms with van der Waals surface area (Å²) in [5.74, 6) is 4.90. The molecule has 17 heavy (non-hydrogen) atoms. The predicted molar refractivity (Wildman–Crippen MR) is 70.7 cm³/mol. The van der Waals surface area contributed by atoms with Crippen LogP contribution in [0.3, 0.4) is 0 Å². The summed E-state index contributed by atoms with van der Waals surface area (Å²) < 4.78 is 1.94. The topological polar surface area (TPSA) is 43.8 Å². The molecule has 0 saturated heterocycles. The number of imidazole rings is 1. The van der Waals surface area contributed by atoms with E-state index in [-0.39, 0.29) is 0 Å². The lowest BCUT2D eigenvalue weighted by molar-refractivity contribution is 0.581. The van der Waals surface area contributed by atoms with Gasteiger partial charge >= 0.3 is 0 Å². The highest BCUT2D eigenvalue weighted by molar-refractivity contribution is 5.41. The second kappa shape index (κ2) is 5.27.